The molecule has 0 N–H and O–H groups in total. The third-order valence-corrected chi connectivity index (χ3v) is 3.71. The maximum Gasteiger partial charge on any atom is 0.159 e. The Morgan fingerprint density at radius 2 is 1.77 bits per heavy atom. The summed E-state index contributed by atoms with van der Waals surface area (Å²) >= 11 is 0. The molecule has 0 aromatic heterocycles. The third kappa shape index (κ3) is 3.19. The maximum atomic E-state index is 12.0. The molecular weight excluding hydrogens is 276 g/mol. The predicted octanol–water partition coefficient (Wildman–Crippen LogP) is 4.02. The van der Waals surface area contributed by atoms with Crippen LogP contribution in [0.15, 0.2) is 54.6 Å². The highest BCUT2D eigenvalue weighted by Crippen LogP contribution is 2.28. The van der Waals surface area contributed by atoms with Crippen molar-refractivity contribution >= 4 is 11.5 Å². The van der Waals surface area contributed by atoms with Gasteiger partial charge in [-0.3, -0.25) is 4.79 Å². The average molecular weight is 294 g/mol. The van der Waals surface area contributed by atoms with Gasteiger partial charge in [-0.2, -0.15) is 0 Å². The average Bonchev–Trinajstić information content (AvgIpc) is 2.53. The van der Waals surface area contributed by atoms with E-state index in [0.717, 1.165) is 24.2 Å². The molecule has 0 aliphatic heterocycles. The molecule has 1 aliphatic carbocycles. The molecule has 0 bridgehead atoms. The number of allylic oxidation sites excluding steroid dienone is 1. The van der Waals surface area contributed by atoms with E-state index in [1.54, 1.807) is 13.2 Å². The van der Waals surface area contributed by atoms with E-state index >= 15 is 0 Å². The lowest BCUT2D eigenvalue weighted by Gasteiger charge is -2.16. The predicted molar refractivity (Wildman–Crippen MR) is 86.0 cm³/mol. The van der Waals surface area contributed by atoms with Crippen LogP contribution in [0.1, 0.15) is 24.0 Å². The highest BCUT2D eigenvalue weighted by molar-refractivity contribution is 5.96. The zero-order valence-corrected chi connectivity index (χ0v) is 12.5. The van der Waals surface area contributed by atoms with Gasteiger partial charge in [0.15, 0.2) is 5.78 Å². The first-order valence-electron chi connectivity index (χ1n) is 7.41. The van der Waals surface area contributed by atoms with Crippen LogP contribution >= 0.6 is 0 Å². The second-order valence-electron chi connectivity index (χ2n) is 5.27. The molecule has 0 saturated carbocycles. The fraction of sp³-hybridized carbons (Fsp3) is 0.211. The molecule has 22 heavy (non-hydrogen) atoms. The Bertz CT molecular complexity index is 716. The van der Waals surface area contributed by atoms with E-state index in [-0.39, 0.29) is 5.78 Å². The Morgan fingerprint density at radius 3 is 2.64 bits per heavy atom. The first-order valence-corrected chi connectivity index (χ1v) is 7.41. The lowest BCUT2D eigenvalue weighted by atomic mass is 9.96. The fourth-order valence-electron chi connectivity index (χ4n) is 2.60. The topological polar surface area (TPSA) is 35.5 Å². The first kappa shape index (κ1) is 14.4. The van der Waals surface area contributed by atoms with E-state index in [1.807, 2.05) is 42.5 Å². The molecule has 0 fully saturated rings. The van der Waals surface area contributed by atoms with Gasteiger partial charge < -0.3 is 9.47 Å². The lowest BCUT2D eigenvalue weighted by Crippen LogP contribution is -2.07. The fourth-order valence-corrected chi connectivity index (χ4v) is 2.60. The smallest absolute Gasteiger partial charge is 0.159 e. The van der Waals surface area contributed by atoms with Crippen LogP contribution in [-0.2, 0) is 11.2 Å². The summed E-state index contributed by atoms with van der Waals surface area (Å²) < 4.78 is 11.2. The SMILES string of the molecule is COc1cccc(OC2=CC(=O)CCCc3ccccc32)c1. The largest absolute Gasteiger partial charge is 0.497 e. The van der Waals surface area contributed by atoms with Gasteiger partial charge in [0.25, 0.3) is 0 Å². The minimum absolute atomic E-state index is 0.104. The number of rotatable bonds is 3. The van der Waals surface area contributed by atoms with E-state index in [4.69, 9.17) is 9.47 Å². The van der Waals surface area contributed by atoms with Crippen molar-refractivity contribution in [2.24, 2.45) is 0 Å². The monoisotopic (exact) mass is 294 g/mol. The number of ketones is 1. The summed E-state index contributed by atoms with van der Waals surface area (Å²) in [7, 11) is 1.62. The summed E-state index contributed by atoms with van der Waals surface area (Å²) in [6.07, 6.45) is 3.93. The van der Waals surface area contributed by atoms with Gasteiger partial charge in [-0.15, -0.1) is 0 Å². The zero-order valence-electron chi connectivity index (χ0n) is 12.5. The number of ether oxygens (including phenoxy) is 2. The van der Waals surface area contributed by atoms with Gasteiger partial charge >= 0.3 is 0 Å². The van der Waals surface area contributed by atoms with E-state index in [1.165, 1.54) is 5.56 Å². The molecule has 1 aliphatic rings. The van der Waals surface area contributed by atoms with Gasteiger partial charge in [0.2, 0.25) is 0 Å². The number of methoxy groups -OCH3 is 1. The van der Waals surface area contributed by atoms with Crippen LogP contribution in [0.2, 0.25) is 0 Å². The highest BCUT2D eigenvalue weighted by atomic mass is 16.5. The van der Waals surface area contributed by atoms with Gasteiger partial charge in [0.1, 0.15) is 17.3 Å². The molecule has 0 spiro atoms. The summed E-state index contributed by atoms with van der Waals surface area (Å²) in [4.78, 5) is 12.0. The van der Waals surface area contributed by atoms with Crippen molar-refractivity contribution in [3.8, 4) is 11.5 Å². The molecule has 0 unspecified atom stereocenters. The molecule has 3 rings (SSSR count). The van der Waals surface area contributed by atoms with Gasteiger partial charge in [-0.1, -0.05) is 30.3 Å². The Labute approximate surface area is 130 Å². The molecule has 0 atom stereocenters. The normalized spacial score (nSPS) is 14.4. The molecule has 0 amide bonds. The van der Waals surface area contributed by atoms with Crippen molar-refractivity contribution in [3.05, 3.63) is 65.7 Å². The second kappa shape index (κ2) is 6.48. The Hall–Kier alpha value is -2.55. The standard InChI is InChI=1S/C19H18O3/c1-21-16-9-5-10-17(13-16)22-19-12-15(20)8-4-7-14-6-2-3-11-18(14)19/h2-3,5-6,9-13H,4,7-8H2,1H3. The Balaban J connectivity index is 1.98. The molecular formula is C19H18O3. The Morgan fingerprint density at radius 1 is 0.955 bits per heavy atom. The number of carbonyl (C=O) groups excluding carboxylic acids is 1. The number of fused-ring (bicyclic) bond motifs is 1. The van der Waals surface area contributed by atoms with E-state index < -0.39 is 0 Å². The van der Waals surface area contributed by atoms with Crippen LogP contribution in [0.25, 0.3) is 5.76 Å². The molecule has 2 aromatic rings. The van der Waals surface area contributed by atoms with E-state index in [0.29, 0.717) is 17.9 Å². The van der Waals surface area contributed by atoms with Crippen LogP contribution < -0.4 is 9.47 Å². The van der Waals surface area contributed by atoms with Gasteiger partial charge in [0.05, 0.1) is 7.11 Å². The van der Waals surface area contributed by atoms with Gasteiger partial charge in [0, 0.05) is 24.1 Å². The maximum absolute atomic E-state index is 12.0. The van der Waals surface area contributed by atoms with Crippen molar-refractivity contribution in [3.63, 3.8) is 0 Å². The third-order valence-electron chi connectivity index (χ3n) is 3.71. The lowest BCUT2D eigenvalue weighted by molar-refractivity contribution is -0.114. The molecule has 0 saturated heterocycles. The first-order chi connectivity index (χ1) is 10.8. The zero-order chi connectivity index (χ0) is 15.4. The quantitative estimate of drug-likeness (QED) is 0.857. The van der Waals surface area contributed by atoms with Crippen LogP contribution in [-0.4, -0.2) is 12.9 Å². The molecule has 3 heteroatoms. The summed E-state index contributed by atoms with van der Waals surface area (Å²) in [6.45, 7) is 0. The van der Waals surface area contributed by atoms with Crippen LogP contribution in [0.4, 0.5) is 0 Å². The summed E-state index contributed by atoms with van der Waals surface area (Å²) in [5, 5.41) is 0. The van der Waals surface area contributed by atoms with Crippen molar-refractivity contribution in [2.75, 3.05) is 7.11 Å². The summed E-state index contributed by atoms with van der Waals surface area (Å²) in [6, 6.07) is 15.5. The van der Waals surface area contributed by atoms with Crippen LogP contribution in [0, 0.1) is 0 Å². The van der Waals surface area contributed by atoms with Crippen molar-refractivity contribution in [1.29, 1.82) is 0 Å². The van der Waals surface area contributed by atoms with E-state index in [2.05, 4.69) is 6.07 Å². The van der Waals surface area contributed by atoms with Gasteiger partial charge in [-0.05, 0) is 30.5 Å². The minimum Gasteiger partial charge on any atom is -0.497 e. The van der Waals surface area contributed by atoms with Crippen molar-refractivity contribution in [1.82, 2.24) is 0 Å². The summed E-state index contributed by atoms with van der Waals surface area (Å²) in [5.74, 6) is 2.10. The number of carbonyl (C=O) groups is 1. The minimum atomic E-state index is 0.104. The number of benzene rings is 2. The number of hydrogen-bond donors (Lipinski definition) is 0. The van der Waals surface area contributed by atoms with E-state index in [9.17, 15) is 4.79 Å². The number of aryl methyl sites for hydroxylation is 1. The van der Waals surface area contributed by atoms with Gasteiger partial charge in [-0.25, -0.2) is 0 Å². The van der Waals surface area contributed by atoms with Crippen molar-refractivity contribution < 1.29 is 14.3 Å². The van der Waals surface area contributed by atoms with Crippen molar-refractivity contribution in [2.45, 2.75) is 19.3 Å². The Kier molecular flexibility index (Phi) is 4.24. The molecule has 0 heterocycles. The molecule has 2 aromatic carbocycles. The second-order valence-corrected chi connectivity index (χ2v) is 5.27. The molecule has 3 nitrogen and oxygen atoms in total. The van der Waals surface area contributed by atoms with Crippen LogP contribution in [0.5, 0.6) is 11.5 Å². The number of hydrogen-bond acceptors (Lipinski definition) is 3. The molecule has 0 radical (unpaired) electrons. The summed E-state index contributed by atoms with van der Waals surface area (Å²) in [5.41, 5.74) is 2.20. The van der Waals surface area contributed by atoms with Crippen LogP contribution in [0.3, 0.4) is 0 Å². The molecule has 112 valence electrons. The highest BCUT2D eigenvalue weighted by Gasteiger charge is 2.15.